The van der Waals surface area contributed by atoms with Crippen LogP contribution in [-0.2, 0) is 6.42 Å². The van der Waals surface area contributed by atoms with E-state index in [9.17, 15) is 4.79 Å². The van der Waals surface area contributed by atoms with E-state index < -0.39 is 0 Å². The summed E-state index contributed by atoms with van der Waals surface area (Å²) in [6.45, 7) is 0.630. The Kier molecular flexibility index (Phi) is 6.44. The molecule has 1 aliphatic carbocycles. The van der Waals surface area contributed by atoms with Crippen molar-refractivity contribution in [2.24, 2.45) is 10.7 Å². The highest BCUT2D eigenvalue weighted by Gasteiger charge is 2.13. The molecule has 5 heteroatoms. The Hall–Kier alpha value is -2.04. The topological polar surface area (TPSA) is 70.7 Å². The highest BCUT2D eigenvalue weighted by Crippen LogP contribution is 2.17. The third-order valence-corrected chi connectivity index (χ3v) is 4.22. The number of carbonyl (C=O) groups is 1. The van der Waals surface area contributed by atoms with Crippen molar-refractivity contribution in [3.8, 4) is 0 Å². The third kappa shape index (κ3) is 5.58. The van der Waals surface area contributed by atoms with Gasteiger partial charge >= 0.3 is 0 Å². The average molecular weight is 316 g/mol. The fraction of sp³-hybridized carbons (Fsp3) is 0.556. The number of aliphatic imine (C=N–C) groups is 1. The summed E-state index contributed by atoms with van der Waals surface area (Å²) in [5, 5.41) is 3.32. The molecule has 2 rings (SSSR count). The number of hydrogen-bond acceptors (Lipinski definition) is 2. The lowest BCUT2D eigenvalue weighted by atomic mass is 9.96. The molecular formula is C18H28N4O. The zero-order valence-electron chi connectivity index (χ0n) is 14.2. The minimum absolute atomic E-state index is 0.0221. The number of benzene rings is 1. The van der Waals surface area contributed by atoms with E-state index in [2.05, 4.69) is 10.3 Å². The molecule has 0 aliphatic heterocycles. The lowest BCUT2D eigenvalue weighted by Crippen LogP contribution is -2.41. The summed E-state index contributed by atoms with van der Waals surface area (Å²) in [4.78, 5) is 18.0. The maximum absolute atomic E-state index is 12.0. The SMILES string of the molecule is CN(C)C(=O)c1cccc(CCN=C(N)NC2CCCCC2)c1. The molecule has 1 aliphatic rings. The van der Waals surface area contributed by atoms with Crippen LogP contribution in [0.5, 0.6) is 0 Å². The Morgan fingerprint density at radius 1 is 1.30 bits per heavy atom. The first-order valence-corrected chi connectivity index (χ1v) is 8.43. The zero-order valence-corrected chi connectivity index (χ0v) is 14.2. The molecule has 126 valence electrons. The highest BCUT2D eigenvalue weighted by molar-refractivity contribution is 5.94. The quantitative estimate of drug-likeness (QED) is 0.646. The Labute approximate surface area is 139 Å². The van der Waals surface area contributed by atoms with Crippen LogP contribution in [-0.4, -0.2) is 43.4 Å². The maximum Gasteiger partial charge on any atom is 0.253 e. The first-order chi connectivity index (χ1) is 11.1. The smallest absolute Gasteiger partial charge is 0.253 e. The number of guanidine groups is 1. The van der Waals surface area contributed by atoms with Gasteiger partial charge in [-0.15, -0.1) is 0 Å². The van der Waals surface area contributed by atoms with Crippen LogP contribution in [0.25, 0.3) is 0 Å². The summed E-state index contributed by atoms with van der Waals surface area (Å²) in [5.41, 5.74) is 7.78. The second-order valence-corrected chi connectivity index (χ2v) is 6.40. The molecule has 1 fully saturated rings. The summed E-state index contributed by atoms with van der Waals surface area (Å²) < 4.78 is 0. The van der Waals surface area contributed by atoms with Crippen LogP contribution >= 0.6 is 0 Å². The van der Waals surface area contributed by atoms with Crippen LogP contribution < -0.4 is 11.1 Å². The molecule has 0 heterocycles. The monoisotopic (exact) mass is 316 g/mol. The zero-order chi connectivity index (χ0) is 16.7. The third-order valence-electron chi connectivity index (χ3n) is 4.22. The number of rotatable bonds is 5. The minimum atomic E-state index is 0.0221. The van der Waals surface area contributed by atoms with E-state index in [0.717, 1.165) is 12.0 Å². The minimum Gasteiger partial charge on any atom is -0.370 e. The van der Waals surface area contributed by atoms with Gasteiger partial charge in [-0.05, 0) is 37.0 Å². The Morgan fingerprint density at radius 3 is 2.74 bits per heavy atom. The molecule has 0 spiro atoms. The average Bonchev–Trinajstić information content (AvgIpc) is 2.55. The van der Waals surface area contributed by atoms with Crippen LogP contribution in [0.3, 0.4) is 0 Å². The van der Waals surface area contributed by atoms with Gasteiger partial charge in [0.1, 0.15) is 0 Å². The standard InChI is InChI=1S/C18H28N4O/c1-22(2)17(23)15-8-6-7-14(13-15)11-12-20-18(19)21-16-9-4-3-5-10-16/h6-8,13,16H,3-5,9-12H2,1-2H3,(H3,19,20,21). The van der Waals surface area contributed by atoms with Crippen molar-refractivity contribution in [1.82, 2.24) is 10.2 Å². The van der Waals surface area contributed by atoms with Crippen LogP contribution in [0, 0.1) is 0 Å². The molecule has 1 amide bonds. The molecule has 5 nitrogen and oxygen atoms in total. The Bertz CT molecular complexity index is 548. The molecule has 1 aromatic rings. The van der Waals surface area contributed by atoms with Gasteiger partial charge < -0.3 is 16.0 Å². The van der Waals surface area contributed by atoms with Gasteiger partial charge in [0.05, 0.1) is 0 Å². The molecule has 0 aromatic heterocycles. The van der Waals surface area contributed by atoms with Crippen LogP contribution in [0.1, 0.15) is 48.0 Å². The van der Waals surface area contributed by atoms with Crippen molar-refractivity contribution < 1.29 is 4.79 Å². The molecule has 0 unspecified atom stereocenters. The predicted octanol–water partition coefficient (Wildman–Crippen LogP) is 2.17. The molecule has 1 saturated carbocycles. The molecule has 0 saturated heterocycles. The van der Waals surface area contributed by atoms with Gasteiger partial charge in [-0.25, -0.2) is 0 Å². The van der Waals surface area contributed by atoms with Gasteiger partial charge in [0, 0.05) is 32.2 Å². The van der Waals surface area contributed by atoms with Gasteiger partial charge in [-0.3, -0.25) is 9.79 Å². The van der Waals surface area contributed by atoms with Crippen molar-refractivity contribution in [3.05, 3.63) is 35.4 Å². The number of nitrogens with one attached hydrogen (secondary N) is 1. The van der Waals surface area contributed by atoms with E-state index in [1.54, 1.807) is 19.0 Å². The van der Waals surface area contributed by atoms with Crippen LogP contribution in [0.4, 0.5) is 0 Å². The number of amides is 1. The molecular weight excluding hydrogens is 288 g/mol. The van der Waals surface area contributed by atoms with Crippen molar-refractivity contribution in [1.29, 1.82) is 0 Å². The second kappa shape index (κ2) is 8.56. The summed E-state index contributed by atoms with van der Waals surface area (Å²) in [7, 11) is 3.52. The summed E-state index contributed by atoms with van der Waals surface area (Å²) in [5.74, 6) is 0.561. The lowest BCUT2D eigenvalue weighted by Gasteiger charge is -2.23. The van der Waals surface area contributed by atoms with Crippen LogP contribution in [0.15, 0.2) is 29.3 Å². The number of hydrogen-bond donors (Lipinski definition) is 2. The Morgan fingerprint density at radius 2 is 2.04 bits per heavy atom. The van der Waals surface area contributed by atoms with Crippen molar-refractivity contribution in [3.63, 3.8) is 0 Å². The summed E-state index contributed by atoms with van der Waals surface area (Å²) in [6.07, 6.45) is 7.03. The highest BCUT2D eigenvalue weighted by atomic mass is 16.2. The van der Waals surface area contributed by atoms with Crippen molar-refractivity contribution in [2.45, 2.75) is 44.6 Å². The fourth-order valence-electron chi connectivity index (χ4n) is 2.93. The van der Waals surface area contributed by atoms with Crippen molar-refractivity contribution >= 4 is 11.9 Å². The Balaban J connectivity index is 1.84. The van der Waals surface area contributed by atoms with Gasteiger partial charge in [0.25, 0.3) is 5.91 Å². The summed E-state index contributed by atoms with van der Waals surface area (Å²) in [6, 6.07) is 8.19. The molecule has 3 N–H and O–H groups in total. The fourth-order valence-corrected chi connectivity index (χ4v) is 2.93. The van der Waals surface area contributed by atoms with E-state index in [0.29, 0.717) is 24.1 Å². The van der Waals surface area contributed by atoms with Gasteiger partial charge in [-0.1, -0.05) is 31.4 Å². The molecule has 0 radical (unpaired) electrons. The summed E-state index contributed by atoms with van der Waals surface area (Å²) >= 11 is 0. The molecule has 0 bridgehead atoms. The molecule has 0 atom stereocenters. The number of nitrogens with zero attached hydrogens (tertiary/aromatic N) is 2. The van der Waals surface area contributed by atoms with Gasteiger partial charge in [-0.2, -0.15) is 0 Å². The van der Waals surface area contributed by atoms with Gasteiger partial charge in [0.2, 0.25) is 0 Å². The molecule has 23 heavy (non-hydrogen) atoms. The van der Waals surface area contributed by atoms with E-state index in [-0.39, 0.29) is 5.91 Å². The maximum atomic E-state index is 12.0. The number of carbonyl (C=O) groups excluding carboxylic acids is 1. The largest absolute Gasteiger partial charge is 0.370 e. The normalized spacial score (nSPS) is 16.2. The van der Waals surface area contributed by atoms with Crippen molar-refractivity contribution in [2.75, 3.05) is 20.6 Å². The first kappa shape index (κ1) is 17.3. The second-order valence-electron chi connectivity index (χ2n) is 6.40. The van der Waals surface area contributed by atoms with E-state index in [1.807, 2.05) is 24.3 Å². The first-order valence-electron chi connectivity index (χ1n) is 8.43. The van der Waals surface area contributed by atoms with E-state index in [4.69, 9.17) is 5.73 Å². The van der Waals surface area contributed by atoms with E-state index >= 15 is 0 Å². The van der Waals surface area contributed by atoms with Gasteiger partial charge in [0.15, 0.2) is 5.96 Å². The van der Waals surface area contributed by atoms with Crippen LogP contribution in [0.2, 0.25) is 0 Å². The lowest BCUT2D eigenvalue weighted by molar-refractivity contribution is 0.0827. The molecule has 1 aromatic carbocycles. The predicted molar refractivity (Wildman–Crippen MR) is 94.7 cm³/mol. The van der Waals surface area contributed by atoms with E-state index in [1.165, 1.54) is 32.1 Å². The number of nitrogens with two attached hydrogens (primary N) is 1.